The summed E-state index contributed by atoms with van der Waals surface area (Å²) in [6, 6.07) is 0. The smallest absolute Gasteiger partial charge is 0.547 e. The standard InChI is InChI=1S/2C4H6O6.Bi.H3N/c2*5-1(3(7)8)2(6)4(9)10;;/h2*1-2,5-6H,(H,7,8)(H,9,10);;1H3/q;;+3;/p-3. The third kappa shape index (κ3) is 11.2. The summed E-state index contributed by atoms with van der Waals surface area (Å²) in [6.07, 6.45) is -9.76. The van der Waals surface area contributed by atoms with Crippen molar-refractivity contribution in [1.29, 1.82) is 0 Å². The number of carbonyl (C=O) groups is 4. The van der Waals surface area contributed by atoms with Crippen LogP contribution >= 0.6 is 0 Å². The number of aliphatic hydroxyl groups excluding tert-OH is 4. The number of carbonyl (C=O) groups excluding carboxylic acids is 4. The molecule has 2 radical (unpaired) electrons. The quantitative estimate of drug-likeness (QED) is 0.203. The first kappa shape index (κ1) is 28.7. The SMILES string of the molecule is O=C([O-])C(O)C(O)C(=O)[O-].O=C([O-])C(O)C(O)C(=O)[O-].[Bi+3].[NH4+]. The van der Waals surface area contributed by atoms with Gasteiger partial charge in [-0.15, -0.1) is 0 Å². The van der Waals surface area contributed by atoms with Crippen molar-refractivity contribution in [1.82, 2.24) is 6.15 Å². The van der Waals surface area contributed by atoms with Gasteiger partial charge in [0, 0.05) is 0 Å². The minimum absolute atomic E-state index is 0. The van der Waals surface area contributed by atoms with Gasteiger partial charge in [0.25, 0.3) is 0 Å². The molecule has 13 nitrogen and oxygen atoms in total. The summed E-state index contributed by atoms with van der Waals surface area (Å²) in [4.78, 5) is 38.5. The van der Waals surface area contributed by atoms with Gasteiger partial charge in [0.15, 0.2) is 0 Å². The zero-order valence-electron chi connectivity index (χ0n) is 10.8. The molecule has 22 heavy (non-hydrogen) atoms. The molecule has 126 valence electrons. The monoisotopic (exact) mass is 523 g/mol. The van der Waals surface area contributed by atoms with Gasteiger partial charge in [0.1, 0.15) is 24.4 Å². The predicted molar refractivity (Wildman–Crippen MR) is 55.8 cm³/mol. The Bertz CT molecular complexity index is 315. The zero-order chi connectivity index (χ0) is 16.6. The van der Waals surface area contributed by atoms with E-state index in [9.17, 15) is 39.6 Å². The molecule has 0 aliphatic heterocycles. The number of carboxylic acid groups (broad SMARTS) is 4. The number of rotatable bonds is 6. The molecule has 0 aromatic heterocycles. The van der Waals surface area contributed by atoms with E-state index in [2.05, 4.69) is 0 Å². The Morgan fingerprint density at radius 2 is 0.636 bits per heavy atom. The first-order valence-corrected chi connectivity index (χ1v) is 4.49. The molecule has 4 unspecified atom stereocenters. The first-order valence-electron chi connectivity index (χ1n) is 4.49. The molecule has 0 amide bonds. The third-order valence-corrected chi connectivity index (χ3v) is 1.56. The van der Waals surface area contributed by atoms with Crippen molar-refractivity contribution in [2.45, 2.75) is 24.4 Å². The molecule has 0 saturated heterocycles. The van der Waals surface area contributed by atoms with E-state index in [1.54, 1.807) is 0 Å². The van der Waals surface area contributed by atoms with Crippen LogP contribution in [0.2, 0.25) is 0 Å². The van der Waals surface area contributed by atoms with Crippen LogP contribution in [-0.2, 0) is 19.2 Å². The van der Waals surface area contributed by atoms with Crippen molar-refractivity contribution in [2.75, 3.05) is 0 Å². The second-order valence-electron chi connectivity index (χ2n) is 3.06. The Labute approximate surface area is 141 Å². The van der Waals surface area contributed by atoms with E-state index in [1.165, 1.54) is 0 Å². The second kappa shape index (κ2) is 13.2. The molecule has 0 rings (SSSR count). The maximum absolute atomic E-state index is 9.63. The van der Waals surface area contributed by atoms with Crippen molar-refractivity contribution < 1.29 is 60.0 Å². The van der Waals surface area contributed by atoms with E-state index in [0.717, 1.165) is 0 Å². The van der Waals surface area contributed by atoms with E-state index in [4.69, 9.17) is 20.4 Å². The maximum atomic E-state index is 9.63. The van der Waals surface area contributed by atoms with Gasteiger partial charge in [-0.1, -0.05) is 0 Å². The molecule has 0 aromatic rings. The van der Waals surface area contributed by atoms with Crippen LogP contribution in [0, 0.1) is 0 Å². The van der Waals surface area contributed by atoms with E-state index < -0.39 is 48.3 Å². The molecule has 0 aliphatic carbocycles. The van der Waals surface area contributed by atoms with Crippen LogP contribution in [0.15, 0.2) is 0 Å². The Kier molecular flexibility index (Phi) is 17.3. The van der Waals surface area contributed by atoms with Crippen molar-refractivity contribution >= 4 is 50.1 Å². The number of quaternary nitrogens is 1. The number of aliphatic carboxylic acids is 4. The van der Waals surface area contributed by atoms with Crippen molar-refractivity contribution in [3.8, 4) is 0 Å². The van der Waals surface area contributed by atoms with E-state index >= 15 is 0 Å². The number of hydrogen-bond acceptors (Lipinski definition) is 12. The molecule has 0 aromatic carbocycles. The van der Waals surface area contributed by atoms with E-state index in [-0.39, 0.29) is 32.4 Å². The van der Waals surface area contributed by atoms with Crippen LogP contribution < -0.4 is 26.6 Å². The van der Waals surface area contributed by atoms with Crippen LogP contribution in [0.5, 0.6) is 0 Å². The van der Waals surface area contributed by atoms with Gasteiger partial charge in [-0.25, -0.2) is 0 Å². The molecule has 8 N–H and O–H groups in total. The minimum Gasteiger partial charge on any atom is -0.547 e. The van der Waals surface area contributed by atoms with Crippen molar-refractivity contribution in [3.63, 3.8) is 0 Å². The molecule has 0 heterocycles. The number of carboxylic acids is 4. The third-order valence-electron chi connectivity index (χ3n) is 1.56. The fraction of sp³-hybridized carbons (Fsp3) is 0.500. The topological polar surface area (TPSA) is 278 Å². The molecule has 0 saturated carbocycles. The molecule has 0 bridgehead atoms. The molecule has 4 atom stereocenters. The van der Waals surface area contributed by atoms with Gasteiger partial charge < -0.3 is 66.2 Å². The average molecular weight is 523 g/mol. The van der Waals surface area contributed by atoms with Crippen LogP contribution in [0.4, 0.5) is 0 Å². The Morgan fingerprint density at radius 3 is 0.682 bits per heavy atom. The predicted octanol–water partition coefficient (Wildman–Crippen LogP) is -9.59. The minimum atomic E-state index is -2.44. The fourth-order valence-corrected chi connectivity index (χ4v) is 0.516. The summed E-state index contributed by atoms with van der Waals surface area (Å²) in [7, 11) is 0. The summed E-state index contributed by atoms with van der Waals surface area (Å²) in [5.74, 6) is -8.23. The molecule has 14 heteroatoms. The first-order chi connectivity index (χ1) is 8.93. The summed E-state index contributed by atoms with van der Waals surface area (Å²) < 4.78 is 0. The van der Waals surface area contributed by atoms with Crippen LogP contribution in [-0.4, -0.2) is 94.9 Å². The zero-order valence-corrected chi connectivity index (χ0v) is 14.3. The maximum Gasteiger partial charge on any atom is 3.00 e. The van der Waals surface area contributed by atoms with Gasteiger partial charge in [-0.2, -0.15) is 0 Å². The number of aliphatic hydroxyl groups is 4. The number of hydrogen-bond donors (Lipinski definition) is 5. The summed E-state index contributed by atoms with van der Waals surface area (Å²) in [5.41, 5.74) is 0. The van der Waals surface area contributed by atoms with Crippen molar-refractivity contribution in [2.24, 2.45) is 0 Å². The van der Waals surface area contributed by atoms with Crippen LogP contribution in [0.25, 0.3) is 0 Å². The average Bonchev–Trinajstić information content (AvgIpc) is 2.35. The molecule has 0 aliphatic rings. The van der Waals surface area contributed by atoms with Crippen LogP contribution in [0.1, 0.15) is 0 Å². The van der Waals surface area contributed by atoms with Crippen LogP contribution in [0.3, 0.4) is 0 Å². The molecular weight excluding hydrogens is 511 g/mol. The normalized spacial score (nSPS) is 14.4. The summed E-state index contributed by atoms with van der Waals surface area (Å²) >= 11 is 0. The van der Waals surface area contributed by atoms with Gasteiger partial charge in [0.2, 0.25) is 0 Å². The van der Waals surface area contributed by atoms with Gasteiger partial charge in [0.05, 0.1) is 23.9 Å². The van der Waals surface area contributed by atoms with E-state index in [0.29, 0.717) is 0 Å². The van der Waals surface area contributed by atoms with E-state index in [1.807, 2.05) is 0 Å². The largest absolute Gasteiger partial charge is 3.00 e. The summed E-state index contributed by atoms with van der Waals surface area (Å²) in [5, 5.41) is 71.5. The fourth-order valence-electron chi connectivity index (χ4n) is 0.516. The van der Waals surface area contributed by atoms with Gasteiger partial charge in [-0.3, -0.25) is 0 Å². The van der Waals surface area contributed by atoms with Gasteiger partial charge in [-0.05, 0) is 0 Å². The second-order valence-corrected chi connectivity index (χ2v) is 3.06. The molecule has 0 fully saturated rings. The molecule has 0 spiro atoms. The van der Waals surface area contributed by atoms with Crippen molar-refractivity contribution in [3.05, 3.63) is 0 Å². The Hall–Kier alpha value is -1.44. The Morgan fingerprint density at radius 1 is 0.545 bits per heavy atom. The molecular formula is C8H12BiNO12. The Balaban J connectivity index is -0.000000135. The summed E-state index contributed by atoms with van der Waals surface area (Å²) in [6.45, 7) is 0. The van der Waals surface area contributed by atoms with Gasteiger partial charge >= 0.3 is 26.2 Å².